The molecule has 7 nitrogen and oxygen atoms in total. The number of nitrogens with zero attached hydrogens (tertiary/aromatic N) is 1. The maximum atomic E-state index is 12.9. The molecule has 0 radical (unpaired) electrons. The van der Waals surface area contributed by atoms with Crippen LogP contribution in [0.5, 0.6) is 0 Å². The Hall–Kier alpha value is -3.43. The van der Waals surface area contributed by atoms with Crippen LogP contribution in [-0.4, -0.2) is 27.9 Å². The van der Waals surface area contributed by atoms with E-state index in [1.165, 1.54) is 30.0 Å². The topological polar surface area (TPSA) is 108 Å². The first-order chi connectivity index (χ1) is 14.9. The van der Waals surface area contributed by atoms with E-state index < -0.39 is 17.1 Å². The molecule has 0 spiro atoms. The largest absolute Gasteiger partial charge is 0.478 e. The monoisotopic (exact) mass is 453 g/mol. The van der Waals surface area contributed by atoms with Crippen molar-refractivity contribution in [3.05, 3.63) is 83.4 Å². The van der Waals surface area contributed by atoms with Gasteiger partial charge < -0.3 is 15.7 Å². The van der Waals surface area contributed by atoms with Crippen LogP contribution >= 0.6 is 23.1 Å². The molecule has 0 aliphatic heterocycles. The maximum absolute atomic E-state index is 12.9. The SMILES string of the molecule is C/C(=C\C(=O)Nc1ccc(S[C@@H](C(=O)Nc2nccs2)c2ccccc2)cc1)C(=O)O. The predicted molar refractivity (Wildman–Crippen MR) is 122 cm³/mol. The molecule has 3 N–H and O–H groups in total. The summed E-state index contributed by atoms with van der Waals surface area (Å²) in [6.45, 7) is 1.35. The Balaban J connectivity index is 1.72. The summed E-state index contributed by atoms with van der Waals surface area (Å²) in [5.41, 5.74) is 1.32. The third kappa shape index (κ3) is 6.53. The van der Waals surface area contributed by atoms with Gasteiger partial charge in [-0.3, -0.25) is 9.59 Å². The van der Waals surface area contributed by atoms with E-state index in [1.807, 2.05) is 30.3 Å². The summed E-state index contributed by atoms with van der Waals surface area (Å²) < 4.78 is 0. The predicted octanol–water partition coefficient (Wildman–Crippen LogP) is 4.58. The van der Waals surface area contributed by atoms with Gasteiger partial charge in [-0.1, -0.05) is 30.3 Å². The molecule has 0 saturated carbocycles. The fourth-order valence-electron chi connectivity index (χ4n) is 2.55. The standard InChI is InChI=1S/C22H19N3O4S2/c1-14(21(28)29)13-18(26)24-16-7-9-17(10-8-16)31-19(15-5-3-2-4-6-15)20(27)25-22-23-11-12-30-22/h2-13,19H,1H3,(H,24,26)(H,28,29)(H,23,25,27)/b14-13+/t19-/m1/s1. The zero-order valence-electron chi connectivity index (χ0n) is 16.4. The molecule has 1 heterocycles. The number of aromatic nitrogens is 1. The van der Waals surface area contributed by atoms with E-state index in [9.17, 15) is 14.4 Å². The lowest BCUT2D eigenvalue weighted by Gasteiger charge is -2.16. The highest BCUT2D eigenvalue weighted by Gasteiger charge is 2.22. The summed E-state index contributed by atoms with van der Waals surface area (Å²) in [7, 11) is 0. The van der Waals surface area contributed by atoms with Crippen molar-refractivity contribution >= 4 is 51.7 Å². The first kappa shape index (κ1) is 22.3. The molecular weight excluding hydrogens is 434 g/mol. The van der Waals surface area contributed by atoms with Gasteiger partial charge in [-0.2, -0.15) is 0 Å². The number of hydrogen-bond donors (Lipinski definition) is 3. The van der Waals surface area contributed by atoms with Crippen LogP contribution in [0.25, 0.3) is 0 Å². The molecule has 0 unspecified atom stereocenters. The van der Waals surface area contributed by atoms with Crippen LogP contribution in [0.3, 0.4) is 0 Å². The molecule has 0 aliphatic rings. The minimum Gasteiger partial charge on any atom is -0.478 e. The van der Waals surface area contributed by atoms with Crippen molar-refractivity contribution < 1.29 is 19.5 Å². The van der Waals surface area contributed by atoms with Crippen molar-refractivity contribution in [2.45, 2.75) is 17.1 Å². The van der Waals surface area contributed by atoms with Gasteiger partial charge in [0.25, 0.3) is 0 Å². The molecule has 1 aromatic heterocycles. The lowest BCUT2D eigenvalue weighted by molar-refractivity contribution is -0.132. The van der Waals surface area contributed by atoms with E-state index in [0.29, 0.717) is 10.8 Å². The summed E-state index contributed by atoms with van der Waals surface area (Å²) in [6.07, 6.45) is 2.66. The number of rotatable bonds is 8. The van der Waals surface area contributed by atoms with Crippen molar-refractivity contribution in [1.29, 1.82) is 0 Å². The minimum atomic E-state index is -1.15. The number of carbonyl (C=O) groups excluding carboxylic acids is 2. The number of amides is 2. The van der Waals surface area contributed by atoms with Gasteiger partial charge in [0.05, 0.1) is 0 Å². The molecule has 9 heteroatoms. The molecule has 2 amide bonds. The van der Waals surface area contributed by atoms with Crippen molar-refractivity contribution in [2.75, 3.05) is 10.6 Å². The number of thiazole rings is 1. The van der Waals surface area contributed by atoms with Crippen molar-refractivity contribution in [3.63, 3.8) is 0 Å². The molecule has 31 heavy (non-hydrogen) atoms. The Kier molecular flexibility index (Phi) is 7.58. The molecular formula is C22H19N3O4S2. The summed E-state index contributed by atoms with van der Waals surface area (Å²) in [4.78, 5) is 40.6. The Morgan fingerprint density at radius 3 is 2.39 bits per heavy atom. The second kappa shape index (κ2) is 10.6. The molecule has 3 rings (SSSR count). The van der Waals surface area contributed by atoms with E-state index in [-0.39, 0.29) is 11.5 Å². The third-order valence-electron chi connectivity index (χ3n) is 4.06. The fraction of sp³-hybridized carbons (Fsp3) is 0.0909. The Morgan fingerprint density at radius 1 is 1.06 bits per heavy atom. The number of carbonyl (C=O) groups is 3. The van der Waals surface area contributed by atoms with Crippen molar-refractivity contribution in [2.24, 2.45) is 0 Å². The van der Waals surface area contributed by atoms with Crippen LogP contribution < -0.4 is 10.6 Å². The highest BCUT2D eigenvalue weighted by Crippen LogP contribution is 2.36. The number of carboxylic acids is 1. The summed E-state index contributed by atoms with van der Waals surface area (Å²) in [6, 6.07) is 16.4. The van der Waals surface area contributed by atoms with E-state index in [1.54, 1.807) is 35.8 Å². The Morgan fingerprint density at radius 2 is 1.77 bits per heavy atom. The van der Waals surface area contributed by atoms with E-state index in [4.69, 9.17) is 5.11 Å². The molecule has 2 aromatic carbocycles. The summed E-state index contributed by atoms with van der Waals surface area (Å²) in [5, 5.41) is 16.1. The van der Waals surface area contributed by atoms with Crippen LogP contribution in [0.15, 0.2) is 82.7 Å². The molecule has 0 bridgehead atoms. The smallest absolute Gasteiger partial charge is 0.331 e. The third-order valence-corrected chi connectivity index (χ3v) is 6.02. The van der Waals surface area contributed by atoms with E-state index >= 15 is 0 Å². The van der Waals surface area contributed by atoms with Gasteiger partial charge in [0.2, 0.25) is 11.8 Å². The van der Waals surface area contributed by atoms with Gasteiger partial charge >= 0.3 is 5.97 Å². The zero-order valence-corrected chi connectivity index (χ0v) is 18.1. The molecule has 0 saturated heterocycles. The molecule has 0 fully saturated rings. The second-order valence-corrected chi connectivity index (χ2v) is 8.45. The van der Waals surface area contributed by atoms with Gasteiger partial charge in [0.1, 0.15) is 5.25 Å². The Bertz CT molecular complexity index is 1080. The van der Waals surface area contributed by atoms with Gasteiger partial charge in [-0.25, -0.2) is 9.78 Å². The number of thioether (sulfide) groups is 1. The normalized spacial score (nSPS) is 12.1. The first-order valence-electron chi connectivity index (χ1n) is 9.17. The highest BCUT2D eigenvalue weighted by atomic mass is 32.2. The average Bonchev–Trinajstić information content (AvgIpc) is 3.26. The lowest BCUT2D eigenvalue weighted by atomic mass is 10.1. The van der Waals surface area contributed by atoms with Gasteiger partial charge in [0.15, 0.2) is 5.13 Å². The quantitative estimate of drug-likeness (QED) is 0.340. The summed E-state index contributed by atoms with van der Waals surface area (Å²) in [5.74, 6) is -1.85. The molecule has 3 aromatic rings. The molecule has 158 valence electrons. The van der Waals surface area contributed by atoms with Crippen LogP contribution in [0.4, 0.5) is 10.8 Å². The van der Waals surface area contributed by atoms with Gasteiger partial charge in [0, 0.05) is 33.8 Å². The number of nitrogens with one attached hydrogen (secondary N) is 2. The highest BCUT2D eigenvalue weighted by molar-refractivity contribution is 8.00. The van der Waals surface area contributed by atoms with Crippen molar-refractivity contribution in [3.8, 4) is 0 Å². The molecule has 1 atom stereocenters. The number of carboxylic acid groups (broad SMARTS) is 1. The number of aliphatic carboxylic acids is 1. The van der Waals surface area contributed by atoms with E-state index in [0.717, 1.165) is 16.5 Å². The van der Waals surface area contributed by atoms with Crippen molar-refractivity contribution in [1.82, 2.24) is 4.98 Å². The molecule has 0 aliphatic carbocycles. The lowest BCUT2D eigenvalue weighted by Crippen LogP contribution is -2.18. The van der Waals surface area contributed by atoms with E-state index in [2.05, 4.69) is 15.6 Å². The maximum Gasteiger partial charge on any atom is 0.331 e. The summed E-state index contributed by atoms with van der Waals surface area (Å²) >= 11 is 2.73. The zero-order chi connectivity index (χ0) is 22.2. The van der Waals surface area contributed by atoms with Crippen LogP contribution in [0.1, 0.15) is 17.7 Å². The number of benzene rings is 2. The second-order valence-electron chi connectivity index (χ2n) is 6.38. The first-order valence-corrected chi connectivity index (χ1v) is 10.9. The Labute approximate surface area is 187 Å². The van der Waals surface area contributed by atoms with Crippen LogP contribution in [0.2, 0.25) is 0 Å². The fourth-order valence-corrected chi connectivity index (χ4v) is 4.10. The van der Waals surface area contributed by atoms with Gasteiger partial charge in [-0.15, -0.1) is 23.1 Å². The van der Waals surface area contributed by atoms with Gasteiger partial charge in [-0.05, 0) is 36.8 Å². The minimum absolute atomic E-state index is 0.0541. The number of hydrogen-bond acceptors (Lipinski definition) is 6. The van der Waals surface area contributed by atoms with Crippen LogP contribution in [-0.2, 0) is 14.4 Å². The average molecular weight is 454 g/mol. The number of anilines is 2. The van der Waals surface area contributed by atoms with Crippen LogP contribution in [0, 0.1) is 0 Å².